The van der Waals surface area contributed by atoms with Crippen LogP contribution in [0, 0.1) is 0 Å². The van der Waals surface area contributed by atoms with Crippen molar-refractivity contribution in [2.45, 2.75) is 0 Å². The van der Waals surface area contributed by atoms with Gasteiger partial charge in [-0.25, -0.2) is 4.98 Å². The second-order valence-corrected chi connectivity index (χ2v) is 6.06. The second kappa shape index (κ2) is 3.94. The van der Waals surface area contributed by atoms with Crippen LogP contribution >= 0.6 is 0 Å². The van der Waals surface area contributed by atoms with Gasteiger partial charge in [-0.3, -0.25) is 9.38 Å². The summed E-state index contributed by atoms with van der Waals surface area (Å²) in [5, 5.41) is 1.03. The topological polar surface area (TPSA) is 48.3 Å². The molecule has 0 saturated carbocycles. The van der Waals surface area contributed by atoms with E-state index >= 15 is 0 Å². The van der Waals surface area contributed by atoms with Crippen LogP contribution in [-0.2, 0) is 7.05 Å². The van der Waals surface area contributed by atoms with Gasteiger partial charge in [0, 0.05) is 18.6 Å². The van der Waals surface area contributed by atoms with Crippen molar-refractivity contribution in [2.75, 3.05) is 0 Å². The molecule has 0 atom stereocenters. The summed E-state index contributed by atoms with van der Waals surface area (Å²) in [5.74, 6) is 0.909. The molecule has 5 heteroatoms. The smallest absolute Gasteiger partial charge is 0.215 e. The molecule has 0 saturated heterocycles. The highest BCUT2D eigenvalue weighted by Gasteiger charge is 2.19. The summed E-state index contributed by atoms with van der Waals surface area (Å²) in [7, 11) is 2.03. The molecule has 0 amide bonds. The first-order chi connectivity index (χ1) is 11.8. The van der Waals surface area contributed by atoms with Gasteiger partial charge in [0.1, 0.15) is 11.0 Å². The Kier molecular flexibility index (Phi) is 1.99. The average molecular weight is 312 g/mol. The zero-order valence-corrected chi connectivity index (χ0v) is 12.9. The molecule has 6 rings (SSSR count). The molecule has 5 nitrogen and oxygen atoms in total. The molecule has 2 aromatic carbocycles. The van der Waals surface area contributed by atoms with E-state index in [0.29, 0.717) is 0 Å². The van der Waals surface area contributed by atoms with Gasteiger partial charge >= 0.3 is 0 Å². The molecule has 24 heavy (non-hydrogen) atoms. The Balaban J connectivity index is 1.93. The number of para-hydroxylation sites is 2. The molecule has 0 radical (unpaired) electrons. The first-order valence-electron chi connectivity index (χ1n) is 7.85. The number of hydrogen-bond acceptors (Lipinski definition) is 3. The number of pyridine rings is 1. The molecule has 0 spiro atoms. The minimum atomic E-state index is 0.809. The molecule has 4 aromatic heterocycles. The molecule has 114 valence electrons. The molecule has 4 heterocycles. The highest BCUT2D eigenvalue weighted by Crippen LogP contribution is 2.35. The fourth-order valence-electron chi connectivity index (χ4n) is 3.72. The molecule has 0 N–H and O–H groups in total. The third kappa shape index (κ3) is 1.27. The minimum absolute atomic E-state index is 0.809. The fourth-order valence-corrected chi connectivity index (χ4v) is 3.72. The normalized spacial score (nSPS) is 12.4. The van der Waals surface area contributed by atoms with Crippen molar-refractivity contribution in [1.82, 2.24) is 18.9 Å². The number of furan rings is 1. The van der Waals surface area contributed by atoms with E-state index in [1.165, 1.54) is 0 Å². The van der Waals surface area contributed by atoms with E-state index in [2.05, 4.69) is 32.2 Å². The largest absolute Gasteiger partial charge is 0.452 e. The van der Waals surface area contributed by atoms with Crippen LogP contribution in [0.25, 0.3) is 49.9 Å². The Morgan fingerprint density at radius 3 is 2.83 bits per heavy atom. The van der Waals surface area contributed by atoms with Crippen LogP contribution in [0.2, 0.25) is 0 Å². The van der Waals surface area contributed by atoms with E-state index in [-0.39, 0.29) is 0 Å². The third-order valence-corrected chi connectivity index (χ3v) is 4.77. The van der Waals surface area contributed by atoms with E-state index in [1.54, 1.807) is 6.20 Å². The molecule has 0 fully saturated rings. The van der Waals surface area contributed by atoms with Crippen molar-refractivity contribution in [1.29, 1.82) is 0 Å². The zero-order valence-electron chi connectivity index (χ0n) is 12.9. The average Bonchev–Trinajstić information content (AvgIpc) is 3.25. The van der Waals surface area contributed by atoms with Crippen LogP contribution in [0.5, 0.6) is 0 Å². The number of rotatable bonds is 0. The van der Waals surface area contributed by atoms with Crippen LogP contribution < -0.4 is 0 Å². The van der Waals surface area contributed by atoms with Gasteiger partial charge in [0.15, 0.2) is 11.2 Å². The molecule has 0 bridgehead atoms. The summed E-state index contributed by atoms with van der Waals surface area (Å²) >= 11 is 0. The molecular weight excluding hydrogens is 300 g/mol. The maximum Gasteiger partial charge on any atom is 0.215 e. The standard InChI is InChI=1S/C19H12N4O/c1-22-17-14(23-13-6-3-2-5-12(13)21-19(22)23)9-8-11-16-15(24-18(11)17)7-4-10-20-16/h2-10H,1H3. The van der Waals surface area contributed by atoms with Crippen molar-refractivity contribution in [3.8, 4) is 0 Å². The van der Waals surface area contributed by atoms with Crippen molar-refractivity contribution in [2.24, 2.45) is 7.05 Å². The summed E-state index contributed by atoms with van der Waals surface area (Å²) < 4.78 is 10.4. The molecule has 0 aliphatic heterocycles. The number of benzene rings is 2. The summed E-state index contributed by atoms with van der Waals surface area (Å²) in [4.78, 5) is 9.25. The molecule has 0 unspecified atom stereocenters. The van der Waals surface area contributed by atoms with Crippen LogP contribution in [0.4, 0.5) is 0 Å². The summed E-state index contributed by atoms with van der Waals surface area (Å²) in [6.07, 6.45) is 1.80. The Morgan fingerprint density at radius 2 is 1.88 bits per heavy atom. The zero-order chi connectivity index (χ0) is 15.8. The van der Waals surface area contributed by atoms with Crippen LogP contribution in [0.3, 0.4) is 0 Å². The first-order valence-corrected chi connectivity index (χ1v) is 7.85. The number of imidazole rings is 2. The quantitative estimate of drug-likeness (QED) is 0.421. The minimum Gasteiger partial charge on any atom is -0.452 e. The van der Waals surface area contributed by atoms with Gasteiger partial charge in [-0.05, 0) is 36.4 Å². The number of nitrogens with zero attached hydrogens (tertiary/aromatic N) is 4. The van der Waals surface area contributed by atoms with E-state index < -0.39 is 0 Å². The van der Waals surface area contributed by atoms with E-state index in [1.807, 2.05) is 37.4 Å². The number of aryl methyl sites for hydroxylation is 1. The Bertz CT molecular complexity index is 1420. The van der Waals surface area contributed by atoms with Gasteiger partial charge in [0.05, 0.1) is 16.6 Å². The maximum absolute atomic E-state index is 6.13. The predicted molar refractivity (Wildman–Crippen MR) is 94.2 cm³/mol. The van der Waals surface area contributed by atoms with Gasteiger partial charge in [-0.2, -0.15) is 0 Å². The molecule has 6 aromatic rings. The van der Waals surface area contributed by atoms with Crippen LogP contribution in [0.15, 0.2) is 59.1 Å². The Hall–Kier alpha value is -3.34. The van der Waals surface area contributed by atoms with Gasteiger partial charge in [0.2, 0.25) is 5.78 Å². The lowest BCUT2D eigenvalue weighted by Crippen LogP contribution is -1.88. The highest BCUT2D eigenvalue weighted by molar-refractivity contribution is 6.13. The summed E-state index contributed by atoms with van der Waals surface area (Å²) in [6, 6.07) is 16.3. The van der Waals surface area contributed by atoms with Crippen molar-refractivity contribution < 1.29 is 4.42 Å². The lowest BCUT2D eigenvalue weighted by molar-refractivity contribution is 0.669. The van der Waals surface area contributed by atoms with Crippen LogP contribution in [-0.4, -0.2) is 18.9 Å². The van der Waals surface area contributed by atoms with Gasteiger partial charge in [-0.15, -0.1) is 0 Å². The molecule has 0 aliphatic carbocycles. The van der Waals surface area contributed by atoms with E-state index in [0.717, 1.165) is 49.9 Å². The van der Waals surface area contributed by atoms with Crippen LogP contribution in [0.1, 0.15) is 0 Å². The molecular formula is C19H12N4O. The number of aromatic nitrogens is 4. The number of fused-ring (bicyclic) bond motifs is 9. The SMILES string of the molecule is Cn1c2c3oc4cccnc4c3ccc2n2c3ccccc3nc12. The van der Waals surface area contributed by atoms with Gasteiger partial charge in [0.25, 0.3) is 0 Å². The monoisotopic (exact) mass is 312 g/mol. The maximum atomic E-state index is 6.13. The molecule has 0 aliphatic rings. The predicted octanol–water partition coefficient (Wildman–Crippen LogP) is 4.27. The van der Waals surface area contributed by atoms with E-state index in [9.17, 15) is 0 Å². The number of hydrogen-bond donors (Lipinski definition) is 0. The lowest BCUT2D eigenvalue weighted by atomic mass is 10.2. The second-order valence-electron chi connectivity index (χ2n) is 6.06. The van der Waals surface area contributed by atoms with E-state index in [4.69, 9.17) is 9.40 Å². The van der Waals surface area contributed by atoms with Crippen molar-refractivity contribution >= 4 is 49.9 Å². The van der Waals surface area contributed by atoms with Gasteiger partial charge < -0.3 is 8.98 Å². The summed E-state index contributed by atoms with van der Waals surface area (Å²) in [5.41, 5.74) is 6.80. The van der Waals surface area contributed by atoms with Crippen molar-refractivity contribution in [3.05, 3.63) is 54.7 Å². The first kappa shape index (κ1) is 12.1. The Morgan fingerprint density at radius 1 is 0.958 bits per heavy atom. The summed E-state index contributed by atoms with van der Waals surface area (Å²) in [6.45, 7) is 0. The van der Waals surface area contributed by atoms with Crippen molar-refractivity contribution in [3.63, 3.8) is 0 Å². The fraction of sp³-hybridized carbons (Fsp3) is 0.0526. The Labute approximate surface area is 135 Å². The third-order valence-electron chi connectivity index (χ3n) is 4.77. The highest BCUT2D eigenvalue weighted by atomic mass is 16.3. The lowest BCUT2D eigenvalue weighted by Gasteiger charge is -1.97. The van der Waals surface area contributed by atoms with Gasteiger partial charge in [-0.1, -0.05) is 12.1 Å².